The Morgan fingerprint density at radius 3 is 2.62 bits per heavy atom. The fraction of sp³-hybridized carbons (Fsp3) is 0.889. The predicted octanol–water partition coefficient (Wildman–Crippen LogP) is 0.689. The zero-order valence-electron chi connectivity index (χ0n) is 8.16. The van der Waals surface area contributed by atoms with E-state index in [1.165, 1.54) is 11.5 Å². The maximum Gasteiger partial charge on any atom is 0.236 e. The molecule has 0 atom stereocenters. The molecular formula is C9H18N2OS. The van der Waals surface area contributed by atoms with E-state index >= 15 is 0 Å². The highest BCUT2D eigenvalue weighted by Crippen LogP contribution is 2.21. The van der Waals surface area contributed by atoms with E-state index in [4.69, 9.17) is 5.73 Å². The van der Waals surface area contributed by atoms with Gasteiger partial charge in [0.2, 0.25) is 5.91 Å². The second kappa shape index (κ2) is 5.50. The molecular weight excluding hydrogens is 184 g/mol. The van der Waals surface area contributed by atoms with Crippen LogP contribution in [-0.2, 0) is 4.79 Å². The number of nitrogens with two attached hydrogens (primary N) is 1. The second-order valence-corrected chi connectivity index (χ2v) is 4.45. The van der Waals surface area contributed by atoms with Gasteiger partial charge in [0.05, 0.1) is 6.54 Å². The highest BCUT2D eigenvalue weighted by molar-refractivity contribution is 7.99. The molecule has 1 rings (SSSR count). The van der Waals surface area contributed by atoms with Crippen molar-refractivity contribution >= 4 is 17.7 Å². The van der Waals surface area contributed by atoms with Crippen LogP contribution in [-0.4, -0.2) is 41.4 Å². The first-order chi connectivity index (χ1) is 6.29. The Kier molecular flexibility index (Phi) is 4.59. The number of hydrogen-bond acceptors (Lipinski definition) is 3. The SMILES string of the molecule is CCN(C(=O)CN)C1CCSCC1. The second-order valence-electron chi connectivity index (χ2n) is 3.23. The molecule has 2 N–H and O–H groups in total. The van der Waals surface area contributed by atoms with Crippen LogP contribution in [0.15, 0.2) is 0 Å². The molecule has 1 aliphatic rings. The van der Waals surface area contributed by atoms with Crippen LogP contribution < -0.4 is 5.73 Å². The lowest BCUT2D eigenvalue weighted by molar-refractivity contribution is -0.131. The van der Waals surface area contributed by atoms with Gasteiger partial charge in [-0.15, -0.1) is 0 Å². The van der Waals surface area contributed by atoms with Gasteiger partial charge in [-0.2, -0.15) is 11.8 Å². The molecule has 4 heteroatoms. The van der Waals surface area contributed by atoms with E-state index in [2.05, 4.69) is 0 Å². The Bertz CT molecular complexity index is 169. The van der Waals surface area contributed by atoms with Crippen LogP contribution in [0.3, 0.4) is 0 Å². The molecule has 76 valence electrons. The van der Waals surface area contributed by atoms with E-state index < -0.39 is 0 Å². The zero-order chi connectivity index (χ0) is 9.68. The van der Waals surface area contributed by atoms with Crippen LogP contribution in [0.1, 0.15) is 19.8 Å². The van der Waals surface area contributed by atoms with Gasteiger partial charge in [0.1, 0.15) is 0 Å². The summed E-state index contributed by atoms with van der Waals surface area (Å²) in [4.78, 5) is 13.4. The molecule has 0 aromatic heterocycles. The van der Waals surface area contributed by atoms with E-state index in [1.807, 2.05) is 23.6 Å². The molecule has 0 aromatic carbocycles. The third-order valence-corrected chi connectivity index (χ3v) is 3.52. The molecule has 1 amide bonds. The van der Waals surface area contributed by atoms with Crippen LogP contribution in [0.4, 0.5) is 0 Å². The van der Waals surface area contributed by atoms with Gasteiger partial charge in [-0.3, -0.25) is 4.79 Å². The van der Waals surface area contributed by atoms with Crippen molar-refractivity contribution in [2.45, 2.75) is 25.8 Å². The molecule has 0 bridgehead atoms. The molecule has 1 saturated heterocycles. The summed E-state index contributed by atoms with van der Waals surface area (Å²) in [5.41, 5.74) is 5.36. The Balaban J connectivity index is 2.48. The summed E-state index contributed by atoms with van der Waals surface area (Å²) in [6.07, 6.45) is 2.26. The molecule has 1 fully saturated rings. The number of likely N-dealkylation sites (N-methyl/N-ethyl adjacent to an activating group) is 1. The fourth-order valence-electron chi connectivity index (χ4n) is 1.75. The lowest BCUT2D eigenvalue weighted by Gasteiger charge is -2.33. The Labute approximate surface area is 84.0 Å². The average Bonchev–Trinajstić information content (AvgIpc) is 2.20. The third kappa shape index (κ3) is 2.88. The van der Waals surface area contributed by atoms with E-state index in [0.717, 1.165) is 19.4 Å². The average molecular weight is 202 g/mol. The van der Waals surface area contributed by atoms with E-state index in [0.29, 0.717) is 6.04 Å². The maximum atomic E-state index is 11.4. The van der Waals surface area contributed by atoms with Gasteiger partial charge in [-0.1, -0.05) is 0 Å². The summed E-state index contributed by atoms with van der Waals surface area (Å²) >= 11 is 1.98. The van der Waals surface area contributed by atoms with Crippen molar-refractivity contribution in [1.29, 1.82) is 0 Å². The smallest absolute Gasteiger partial charge is 0.236 e. The molecule has 0 saturated carbocycles. The minimum Gasteiger partial charge on any atom is -0.339 e. The van der Waals surface area contributed by atoms with Gasteiger partial charge in [0, 0.05) is 12.6 Å². The number of amides is 1. The van der Waals surface area contributed by atoms with E-state index in [9.17, 15) is 4.79 Å². The van der Waals surface area contributed by atoms with Crippen molar-refractivity contribution in [3.8, 4) is 0 Å². The van der Waals surface area contributed by atoms with Crippen LogP contribution in [0.2, 0.25) is 0 Å². The number of thioether (sulfide) groups is 1. The molecule has 13 heavy (non-hydrogen) atoms. The zero-order valence-corrected chi connectivity index (χ0v) is 8.98. The van der Waals surface area contributed by atoms with Crippen molar-refractivity contribution in [2.75, 3.05) is 24.6 Å². The first-order valence-electron chi connectivity index (χ1n) is 4.86. The molecule has 1 aliphatic heterocycles. The third-order valence-electron chi connectivity index (χ3n) is 2.47. The topological polar surface area (TPSA) is 46.3 Å². The molecule has 0 unspecified atom stereocenters. The lowest BCUT2D eigenvalue weighted by Crippen LogP contribution is -2.44. The Morgan fingerprint density at radius 2 is 2.15 bits per heavy atom. The highest BCUT2D eigenvalue weighted by Gasteiger charge is 2.22. The van der Waals surface area contributed by atoms with E-state index in [-0.39, 0.29) is 12.5 Å². The minimum atomic E-state index is 0.0967. The number of carbonyl (C=O) groups is 1. The van der Waals surface area contributed by atoms with Gasteiger partial charge < -0.3 is 10.6 Å². The summed E-state index contributed by atoms with van der Waals surface area (Å²) < 4.78 is 0. The molecule has 0 aliphatic carbocycles. The van der Waals surface area contributed by atoms with Crippen LogP contribution in [0.25, 0.3) is 0 Å². The summed E-state index contributed by atoms with van der Waals surface area (Å²) in [6, 6.07) is 0.447. The summed E-state index contributed by atoms with van der Waals surface area (Å²) in [6.45, 7) is 2.97. The summed E-state index contributed by atoms with van der Waals surface area (Å²) in [5, 5.41) is 0. The van der Waals surface area contributed by atoms with Crippen LogP contribution >= 0.6 is 11.8 Å². The molecule has 3 nitrogen and oxygen atoms in total. The number of carbonyl (C=O) groups excluding carboxylic acids is 1. The number of rotatable bonds is 3. The van der Waals surface area contributed by atoms with Crippen molar-refractivity contribution in [2.24, 2.45) is 5.73 Å². The van der Waals surface area contributed by atoms with Crippen molar-refractivity contribution in [3.63, 3.8) is 0 Å². The Morgan fingerprint density at radius 1 is 1.54 bits per heavy atom. The largest absolute Gasteiger partial charge is 0.339 e. The molecule has 0 aromatic rings. The fourth-order valence-corrected chi connectivity index (χ4v) is 2.83. The minimum absolute atomic E-state index is 0.0967. The van der Waals surface area contributed by atoms with Crippen LogP contribution in [0, 0.1) is 0 Å². The van der Waals surface area contributed by atoms with Crippen LogP contribution in [0.5, 0.6) is 0 Å². The lowest BCUT2D eigenvalue weighted by atomic mass is 10.1. The molecule has 0 spiro atoms. The summed E-state index contributed by atoms with van der Waals surface area (Å²) in [5.74, 6) is 2.46. The monoisotopic (exact) mass is 202 g/mol. The first kappa shape index (κ1) is 10.9. The highest BCUT2D eigenvalue weighted by atomic mass is 32.2. The van der Waals surface area contributed by atoms with Gasteiger partial charge in [0.15, 0.2) is 0 Å². The predicted molar refractivity (Wildman–Crippen MR) is 56.8 cm³/mol. The number of nitrogens with zero attached hydrogens (tertiary/aromatic N) is 1. The van der Waals surface area contributed by atoms with E-state index in [1.54, 1.807) is 0 Å². The quantitative estimate of drug-likeness (QED) is 0.732. The van der Waals surface area contributed by atoms with Gasteiger partial charge in [0.25, 0.3) is 0 Å². The normalized spacial score (nSPS) is 18.6. The van der Waals surface area contributed by atoms with Crippen molar-refractivity contribution in [1.82, 2.24) is 4.90 Å². The molecule has 0 radical (unpaired) electrons. The maximum absolute atomic E-state index is 11.4. The van der Waals surface area contributed by atoms with Gasteiger partial charge >= 0.3 is 0 Å². The standard InChI is InChI=1S/C9H18N2OS/c1-2-11(9(12)7-10)8-3-5-13-6-4-8/h8H,2-7,10H2,1H3. The number of hydrogen-bond donors (Lipinski definition) is 1. The Hall–Kier alpha value is -0.220. The van der Waals surface area contributed by atoms with Crippen molar-refractivity contribution < 1.29 is 4.79 Å². The molecule has 1 heterocycles. The van der Waals surface area contributed by atoms with Crippen molar-refractivity contribution in [3.05, 3.63) is 0 Å². The first-order valence-corrected chi connectivity index (χ1v) is 6.02. The summed E-state index contributed by atoms with van der Waals surface area (Å²) in [7, 11) is 0. The van der Waals surface area contributed by atoms with Gasteiger partial charge in [-0.25, -0.2) is 0 Å². The van der Waals surface area contributed by atoms with Gasteiger partial charge in [-0.05, 0) is 31.3 Å².